The number of pyridine rings is 1. The van der Waals surface area contributed by atoms with Crippen LogP contribution in [0.4, 0.5) is 0 Å². The highest BCUT2D eigenvalue weighted by atomic mass is 35.5. The number of nitrogens with zero attached hydrogens (tertiary/aromatic N) is 1. The number of halogens is 2. The summed E-state index contributed by atoms with van der Waals surface area (Å²) >= 11 is 12.1. The molecule has 112 valence electrons. The Morgan fingerprint density at radius 1 is 1.19 bits per heavy atom. The van der Waals surface area contributed by atoms with Crippen LogP contribution in [0.5, 0.6) is 11.5 Å². The molecule has 0 saturated heterocycles. The molecule has 21 heavy (non-hydrogen) atoms. The maximum Gasteiger partial charge on any atom is 0.150 e. The van der Waals surface area contributed by atoms with E-state index in [0.717, 1.165) is 12.1 Å². The van der Waals surface area contributed by atoms with Crippen molar-refractivity contribution in [2.45, 2.75) is 20.4 Å². The van der Waals surface area contributed by atoms with E-state index in [9.17, 15) is 0 Å². The van der Waals surface area contributed by atoms with Gasteiger partial charge < -0.3 is 10.1 Å². The predicted molar refractivity (Wildman–Crippen MR) is 87.3 cm³/mol. The minimum atomic E-state index is 0.518. The Labute approximate surface area is 135 Å². The third kappa shape index (κ3) is 4.88. The first-order valence-electron chi connectivity index (χ1n) is 6.82. The Morgan fingerprint density at radius 3 is 2.76 bits per heavy atom. The molecule has 0 amide bonds. The third-order valence-corrected chi connectivity index (χ3v) is 3.40. The van der Waals surface area contributed by atoms with Gasteiger partial charge in [-0.25, -0.2) is 0 Å². The van der Waals surface area contributed by atoms with Gasteiger partial charge in [-0.3, -0.25) is 4.98 Å². The SMILES string of the molecule is CC(C)CNCc1ccncc1Oc1cc(Cl)ccc1Cl. The lowest BCUT2D eigenvalue weighted by molar-refractivity contribution is 0.467. The van der Waals surface area contributed by atoms with E-state index in [-0.39, 0.29) is 0 Å². The molecular weight excluding hydrogens is 307 g/mol. The van der Waals surface area contributed by atoms with Gasteiger partial charge in [0.1, 0.15) is 11.5 Å². The summed E-state index contributed by atoms with van der Waals surface area (Å²) in [6.07, 6.45) is 3.43. The fraction of sp³-hybridized carbons (Fsp3) is 0.312. The first-order chi connectivity index (χ1) is 10.1. The van der Waals surface area contributed by atoms with Crippen LogP contribution in [0.3, 0.4) is 0 Å². The topological polar surface area (TPSA) is 34.2 Å². The quantitative estimate of drug-likeness (QED) is 0.818. The van der Waals surface area contributed by atoms with E-state index in [2.05, 4.69) is 24.1 Å². The van der Waals surface area contributed by atoms with Crippen molar-refractivity contribution in [1.82, 2.24) is 10.3 Å². The highest BCUT2D eigenvalue weighted by Crippen LogP contribution is 2.32. The molecule has 0 aliphatic rings. The first-order valence-corrected chi connectivity index (χ1v) is 7.58. The van der Waals surface area contributed by atoms with E-state index < -0.39 is 0 Å². The molecule has 5 heteroatoms. The van der Waals surface area contributed by atoms with Gasteiger partial charge in [-0.2, -0.15) is 0 Å². The van der Waals surface area contributed by atoms with E-state index in [4.69, 9.17) is 27.9 Å². The number of ether oxygens (including phenoxy) is 1. The lowest BCUT2D eigenvalue weighted by Gasteiger charge is -2.13. The van der Waals surface area contributed by atoms with Crippen LogP contribution in [0.2, 0.25) is 10.0 Å². The van der Waals surface area contributed by atoms with Gasteiger partial charge in [-0.1, -0.05) is 37.0 Å². The molecule has 1 heterocycles. The zero-order valence-corrected chi connectivity index (χ0v) is 13.6. The van der Waals surface area contributed by atoms with E-state index in [0.29, 0.717) is 34.0 Å². The minimum absolute atomic E-state index is 0.518. The highest BCUT2D eigenvalue weighted by Gasteiger charge is 2.08. The Balaban J connectivity index is 2.14. The van der Waals surface area contributed by atoms with Crippen molar-refractivity contribution in [2.24, 2.45) is 5.92 Å². The van der Waals surface area contributed by atoms with Crippen LogP contribution in [-0.4, -0.2) is 11.5 Å². The lowest BCUT2D eigenvalue weighted by Crippen LogP contribution is -2.19. The summed E-state index contributed by atoms with van der Waals surface area (Å²) in [7, 11) is 0. The zero-order chi connectivity index (χ0) is 15.2. The van der Waals surface area contributed by atoms with Crippen LogP contribution < -0.4 is 10.1 Å². The summed E-state index contributed by atoms with van der Waals surface area (Å²) in [6, 6.07) is 7.07. The molecule has 3 nitrogen and oxygen atoms in total. The van der Waals surface area contributed by atoms with Gasteiger partial charge in [-0.05, 0) is 30.7 Å². The normalized spacial score (nSPS) is 10.9. The molecule has 0 unspecified atom stereocenters. The summed E-state index contributed by atoms with van der Waals surface area (Å²) in [5.74, 6) is 1.80. The summed E-state index contributed by atoms with van der Waals surface area (Å²) in [5, 5.41) is 4.49. The Hall–Kier alpha value is -1.29. The molecule has 2 aromatic rings. The summed E-state index contributed by atoms with van der Waals surface area (Å²) in [6.45, 7) is 6.00. The first kappa shape index (κ1) is 16.1. The molecule has 1 N–H and O–H groups in total. The van der Waals surface area contributed by atoms with Crippen molar-refractivity contribution in [3.05, 3.63) is 52.3 Å². The molecule has 0 saturated carbocycles. The van der Waals surface area contributed by atoms with E-state index in [1.165, 1.54) is 0 Å². The fourth-order valence-corrected chi connectivity index (χ4v) is 2.13. The second kappa shape index (κ2) is 7.64. The molecule has 0 aliphatic carbocycles. The molecule has 0 fully saturated rings. The average molecular weight is 325 g/mol. The minimum Gasteiger partial charge on any atom is -0.454 e. The lowest BCUT2D eigenvalue weighted by atomic mass is 10.2. The molecule has 0 radical (unpaired) electrons. The van der Waals surface area contributed by atoms with Gasteiger partial charge in [0.05, 0.1) is 11.2 Å². The molecule has 2 rings (SSSR count). The largest absolute Gasteiger partial charge is 0.454 e. The number of hydrogen-bond acceptors (Lipinski definition) is 3. The number of benzene rings is 1. The van der Waals surface area contributed by atoms with Gasteiger partial charge in [0.15, 0.2) is 0 Å². The smallest absolute Gasteiger partial charge is 0.150 e. The Morgan fingerprint density at radius 2 is 2.00 bits per heavy atom. The summed E-state index contributed by atoms with van der Waals surface area (Å²) in [5.41, 5.74) is 1.03. The molecule has 1 aromatic heterocycles. The molecule has 0 aliphatic heterocycles. The van der Waals surface area contributed by atoms with Gasteiger partial charge in [-0.15, -0.1) is 0 Å². The molecule has 0 spiro atoms. The number of rotatable bonds is 6. The van der Waals surface area contributed by atoms with Gasteiger partial charge in [0.2, 0.25) is 0 Å². The van der Waals surface area contributed by atoms with Crippen molar-refractivity contribution < 1.29 is 4.74 Å². The second-order valence-electron chi connectivity index (χ2n) is 5.18. The Kier molecular flexibility index (Phi) is 5.85. The van der Waals surface area contributed by atoms with Crippen molar-refractivity contribution in [3.8, 4) is 11.5 Å². The number of hydrogen-bond donors (Lipinski definition) is 1. The van der Waals surface area contributed by atoms with Crippen molar-refractivity contribution in [2.75, 3.05) is 6.54 Å². The molecule has 0 atom stereocenters. The van der Waals surface area contributed by atoms with E-state index in [1.54, 1.807) is 30.6 Å². The van der Waals surface area contributed by atoms with Crippen LogP contribution in [-0.2, 0) is 6.54 Å². The van der Waals surface area contributed by atoms with Crippen molar-refractivity contribution >= 4 is 23.2 Å². The van der Waals surface area contributed by atoms with Crippen LogP contribution in [0, 0.1) is 5.92 Å². The maximum atomic E-state index is 6.12. The molecule has 1 aromatic carbocycles. The standard InChI is InChI=1S/C16H18Cl2N2O/c1-11(2)8-20-9-12-5-6-19-10-16(12)21-15-7-13(17)3-4-14(15)18/h3-7,10-11,20H,8-9H2,1-2H3. The predicted octanol–water partition coefficient (Wildman–Crippen LogP) is 4.93. The van der Waals surface area contributed by atoms with Crippen LogP contribution in [0.25, 0.3) is 0 Å². The summed E-state index contributed by atoms with van der Waals surface area (Å²) in [4.78, 5) is 4.11. The van der Waals surface area contributed by atoms with E-state index >= 15 is 0 Å². The maximum absolute atomic E-state index is 6.12. The van der Waals surface area contributed by atoms with Crippen LogP contribution >= 0.6 is 23.2 Å². The monoisotopic (exact) mass is 324 g/mol. The van der Waals surface area contributed by atoms with Crippen LogP contribution in [0.1, 0.15) is 19.4 Å². The number of nitrogens with one attached hydrogen (secondary N) is 1. The van der Waals surface area contributed by atoms with Gasteiger partial charge >= 0.3 is 0 Å². The van der Waals surface area contributed by atoms with Gasteiger partial charge in [0.25, 0.3) is 0 Å². The van der Waals surface area contributed by atoms with Gasteiger partial charge in [0, 0.05) is 29.4 Å². The second-order valence-corrected chi connectivity index (χ2v) is 6.03. The van der Waals surface area contributed by atoms with Crippen molar-refractivity contribution in [1.29, 1.82) is 0 Å². The average Bonchev–Trinajstić information content (AvgIpc) is 2.44. The summed E-state index contributed by atoms with van der Waals surface area (Å²) < 4.78 is 5.86. The number of aromatic nitrogens is 1. The third-order valence-electron chi connectivity index (χ3n) is 2.85. The van der Waals surface area contributed by atoms with E-state index in [1.807, 2.05) is 6.07 Å². The highest BCUT2D eigenvalue weighted by molar-refractivity contribution is 6.34. The fourth-order valence-electron chi connectivity index (χ4n) is 1.82. The molecular formula is C16H18Cl2N2O. The van der Waals surface area contributed by atoms with Crippen LogP contribution in [0.15, 0.2) is 36.7 Å². The zero-order valence-electron chi connectivity index (χ0n) is 12.1. The molecule has 0 bridgehead atoms. The van der Waals surface area contributed by atoms with Crippen molar-refractivity contribution in [3.63, 3.8) is 0 Å². The Bertz CT molecular complexity index is 603.